The zero-order valence-corrected chi connectivity index (χ0v) is 14.5. The molecule has 0 bridgehead atoms. The molecule has 7 heteroatoms. The van der Waals surface area contributed by atoms with Crippen LogP contribution in [0.15, 0.2) is 36.1 Å². The first-order valence-electron chi connectivity index (χ1n) is 7.78. The summed E-state index contributed by atoms with van der Waals surface area (Å²) in [6.07, 6.45) is 1.39. The number of hydrogen-bond acceptors (Lipinski definition) is 6. The Kier molecular flexibility index (Phi) is 4.56. The molecule has 2 aliphatic rings. The highest BCUT2D eigenvalue weighted by Gasteiger charge is 2.53. The van der Waals surface area contributed by atoms with E-state index in [2.05, 4.69) is 4.74 Å². The number of hydrogen-bond donors (Lipinski definition) is 0. The number of Topliss-reactive ketones (excluding diaryl/α,β-unsaturated/α-hetero) is 1. The van der Waals surface area contributed by atoms with E-state index in [-0.39, 0.29) is 30.5 Å². The lowest BCUT2D eigenvalue weighted by Crippen LogP contribution is -2.47. The van der Waals surface area contributed by atoms with Crippen molar-refractivity contribution < 1.29 is 28.6 Å². The van der Waals surface area contributed by atoms with Crippen LogP contribution >= 0.6 is 11.6 Å². The van der Waals surface area contributed by atoms with Gasteiger partial charge in [0.25, 0.3) is 0 Å². The van der Waals surface area contributed by atoms with E-state index in [4.69, 9.17) is 21.1 Å². The third-order valence-corrected chi connectivity index (χ3v) is 4.85. The highest BCUT2D eigenvalue weighted by atomic mass is 35.5. The van der Waals surface area contributed by atoms with Gasteiger partial charge in [0.15, 0.2) is 5.78 Å². The molecular formula is C18H17ClO6. The molecule has 0 unspecified atom stereocenters. The van der Waals surface area contributed by atoms with Gasteiger partial charge in [0.1, 0.15) is 5.60 Å². The van der Waals surface area contributed by atoms with Gasteiger partial charge in [-0.1, -0.05) is 23.7 Å². The molecule has 1 fully saturated rings. The van der Waals surface area contributed by atoms with Gasteiger partial charge < -0.3 is 14.2 Å². The maximum atomic E-state index is 12.7. The van der Waals surface area contributed by atoms with Crippen LogP contribution in [0, 0.1) is 11.8 Å². The highest BCUT2D eigenvalue weighted by Crippen LogP contribution is 2.43. The van der Waals surface area contributed by atoms with Crippen LogP contribution in [0.25, 0.3) is 0 Å². The number of ether oxygens (including phenoxy) is 3. The maximum Gasteiger partial charge on any atom is 0.373 e. The predicted octanol–water partition coefficient (Wildman–Crippen LogP) is 2.55. The molecular weight excluding hydrogens is 348 g/mol. The Morgan fingerprint density at radius 1 is 1.40 bits per heavy atom. The van der Waals surface area contributed by atoms with Gasteiger partial charge in [-0.3, -0.25) is 9.59 Å². The van der Waals surface area contributed by atoms with Crippen LogP contribution in [0.1, 0.15) is 23.7 Å². The van der Waals surface area contributed by atoms with Gasteiger partial charge in [-0.2, -0.15) is 0 Å². The summed E-state index contributed by atoms with van der Waals surface area (Å²) in [5.41, 5.74) is -0.637. The lowest BCUT2D eigenvalue weighted by Gasteiger charge is -2.39. The summed E-state index contributed by atoms with van der Waals surface area (Å²) in [6, 6.07) is 6.59. The Labute approximate surface area is 149 Å². The fraction of sp³-hybridized carbons (Fsp3) is 0.389. The molecule has 6 nitrogen and oxygen atoms in total. The van der Waals surface area contributed by atoms with Crippen molar-refractivity contribution in [2.75, 3.05) is 13.7 Å². The normalized spacial score (nSPS) is 27.6. The molecule has 1 aromatic rings. The zero-order valence-electron chi connectivity index (χ0n) is 13.8. The number of carbonyl (C=O) groups is 3. The molecule has 2 aliphatic heterocycles. The lowest BCUT2D eigenvalue weighted by atomic mass is 9.75. The Hall–Kier alpha value is -2.34. The minimum Gasteiger partial charge on any atom is -0.480 e. The van der Waals surface area contributed by atoms with Crippen LogP contribution in [0.4, 0.5) is 0 Å². The van der Waals surface area contributed by atoms with Gasteiger partial charge in [0, 0.05) is 10.6 Å². The summed E-state index contributed by atoms with van der Waals surface area (Å²) < 4.78 is 15.6. The minimum absolute atomic E-state index is 0.0283. The van der Waals surface area contributed by atoms with Gasteiger partial charge in [-0.05, 0) is 25.1 Å². The van der Waals surface area contributed by atoms with Crippen molar-refractivity contribution in [1.29, 1.82) is 0 Å². The molecule has 0 aliphatic carbocycles. The second kappa shape index (κ2) is 6.52. The zero-order chi connectivity index (χ0) is 18.2. The van der Waals surface area contributed by atoms with Gasteiger partial charge in [-0.25, -0.2) is 4.79 Å². The molecule has 0 aromatic heterocycles. The Morgan fingerprint density at radius 3 is 2.84 bits per heavy atom. The summed E-state index contributed by atoms with van der Waals surface area (Å²) in [6.45, 7) is 1.83. The van der Waals surface area contributed by atoms with Gasteiger partial charge in [0.05, 0.1) is 32.0 Å². The van der Waals surface area contributed by atoms with E-state index in [0.29, 0.717) is 10.6 Å². The number of methoxy groups -OCH3 is 1. The average molecular weight is 365 g/mol. The number of cyclic esters (lactones) is 1. The van der Waals surface area contributed by atoms with E-state index in [0.717, 1.165) is 0 Å². The molecule has 0 saturated carbocycles. The summed E-state index contributed by atoms with van der Waals surface area (Å²) in [7, 11) is 1.22. The van der Waals surface area contributed by atoms with Gasteiger partial charge in [-0.15, -0.1) is 0 Å². The molecule has 0 radical (unpaired) electrons. The van der Waals surface area contributed by atoms with E-state index in [1.165, 1.54) is 13.2 Å². The van der Waals surface area contributed by atoms with E-state index < -0.39 is 23.5 Å². The van der Waals surface area contributed by atoms with Gasteiger partial charge in [0.2, 0.25) is 5.76 Å². The summed E-state index contributed by atoms with van der Waals surface area (Å²) in [5.74, 6) is -2.41. The van der Waals surface area contributed by atoms with E-state index in [1.807, 2.05) is 0 Å². The molecule has 3 rings (SSSR count). The number of benzene rings is 1. The quantitative estimate of drug-likeness (QED) is 0.603. The van der Waals surface area contributed by atoms with E-state index in [1.54, 1.807) is 31.2 Å². The number of rotatable bonds is 4. The first kappa shape index (κ1) is 17.5. The van der Waals surface area contributed by atoms with E-state index in [9.17, 15) is 14.4 Å². The van der Waals surface area contributed by atoms with Crippen molar-refractivity contribution in [3.63, 3.8) is 0 Å². The molecule has 0 N–H and O–H groups in total. The lowest BCUT2D eigenvalue weighted by molar-refractivity contribution is -0.148. The molecule has 132 valence electrons. The maximum absolute atomic E-state index is 12.7. The third-order valence-electron chi connectivity index (χ3n) is 4.61. The van der Waals surface area contributed by atoms with Crippen LogP contribution in [0.3, 0.4) is 0 Å². The van der Waals surface area contributed by atoms with Crippen LogP contribution < -0.4 is 0 Å². The summed E-state index contributed by atoms with van der Waals surface area (Å²) in [5, 5.41) is 0.452. The van der Waals surface area contributed by atoms with Crippen molar-refractivity contribution in [3.05, 3.63) is 46.7 Å². The summed E-state index contributed by atoms with van der Waals surface area (Å²) in [4.78, 5) is 36.5. The number of halogens is 1. The number of ketones is 1. The van der Waals surface area contributed by atoms with E-state index >= 15 is 0 Å². The molecule has 1 saturated heterocycles. The van der Waals surface area contributed by atoms with Crippen LogP contribution in [0.2, 0.25) is 5.02 Å². The fourth-order valence-electron chi connectivity index (χ4n) is 3.26. The van der Waals surface area contributed by atoms with Crippen LogP contribution in [-0.2, 0) is 23.8 Å². The van der Waals surface area contributed by atoms with Crippen molar-refractivity contribution in [1.82, 2.24) is 0 Å². The Balaban J connectivity index is 1.90. The predicted molar refractivity (Wildman–Crippen MR) is 87.9 cm³/mol. The van der Waals surface area contributed by atoms with Crippen molar-refractivity contribution in [2.24, 2.45) is 11.8 Å². The number of carbonyl (C=O) groups excluding carboxylic acids is 3. The molecule has 0 amide bonds. The second-order valence-corrected chi connectivity index (χ2v) is 6.75. The first-order chi connectivity index (χ1) is 11.8. The smallest absolute Gasteiger partial charge is 0.373 e. The fourth-order valence-corrected chi connectivity index (χ4v) is 3.45. The number of fused-ring (bicyclic) bond motifs is 1. The standard InChI is InChI=1S/C18H17ClO6/c1-18(8-14(20)10-4-3-5-11(19)6-10)13-9-24-16(21)12(13)7-15(25-18)17(22)23-2/h3-7,12-13H,8-9H2,1-2H3/t12-,13-,18-/m1/s1. The first-order valence-corrected chi connectivity index (χ1v) is 8.16. The molecule has 3 atom stereocenters. The Bertz CT molecular complexity index is 771. The Morgan fingerprint density at radius 2 is 2.16 bits per heavy atom. The third kappa shape index (κ3) is 3.26. The topological polar surface area (TPSA) is 78.9 Å². The largest absolute Gasteiger partial charge is 0.480 e. The van der Waals surface area contributed by atoms with Crippen molar-refractivity contribution in [3.8, 4) is 0 Å². The van der Waals surface area contributed by atoms with Crippen molar-refractivity contribution in [2.45, 2.75) is 18.9 Å². The second-order valence-electron chi connectivity index (χ2n) is 6.31. The monoisotopic (exact) mass is 364 g/mol. The minimum atomic E-state index is -1.07. The van der Waals surface area contributed by atoms with Crippen LogP contribution in [-0.4, -0.2) is 37.0 Å². The molecule has 2 heterocycles. The molecule has 1 aromatic carbocycles. The van der Waals surface area contributed by atoms with Crippen LogP contribution in [0.5, 0.6) is 0 Å². The number of esters is 2. The summed E-state index contributed by atoms with van der Waals surface area (Å²) >= 11 is 5.94. The molecule has 25 heavy (non-hydrogen) atoms. The SMILES string of the molecule is COC(=O)C1=C[C@H]2C(=O)OC[C@H]2[C@@](C)(CC(=O)c2cccc(Cl)c2)O1. The van der Waals surface area contributed by atoms with Gasteiger partial charge >= 0.3 is 11.9 Å². The highest BCUT2D eigenvalue weighted by molar-refractivity contribution is 6.31. The average Bonchev–Trinajstić information content (AvgIpc) is 2.96. The molecule has 0 spiro atoms. The van der Waals surface area contributed by atoms with Crippen molar-refractivity contribution >= 4 is 29.3 Å².